The fourth-order valence-electron chi connectivity index (χ4n) is 2.36. The van der Waals surface area contributed by atoms with Gasteiger partial charge in [-0.3, -0.25) is 4.79 Å². The van der Waals surface area contributed by atoms with Crippen molar-refractivity contribution in [3.05, 3.63) is 18.7 Å². The summed E-state index contributed by atoms with van der Waals surface area (Å²) in [4.78, 5) is 15.9. The summed E-state index contributed by atoms with van der Waals surface area (Å²) in [5.74, 6) is -0.0523. The molecule has 0 aromatic carbocycles. The first kappa shape index (κ1) is 12.1. The van der Waals surface area contributed by atoms with Crippen molar-refractivity contribution in [1.29, 1.82) is 0 Å². The molecule has 1 fully saturated rings. The molecule has 0 saturated heterocycles. The second kappa shape index (κ2) is 5.31. The van der Waals surface area contributed by atoms with E-state index in [0.717, 1.165) is 19.3 Å². The first-order valence-corrected chi connectivity index (χ1v) is 6.20. The van der Waals surface area contributed by atoms with Gasteiger partial charge in [-0.1, -0.05) is 6.92 Å². The molecule has 0 aliphatic heterocycles. The third-order valence-electron chi connectivity index (χ3n) is 3.52. The van der Waals surface area contributed by atoms with E-state index in [1.807, 2.05) is 19.4 Å². The van der Waals surface area contributed by atoms with Gasteiger partial charge in [0.25, 0.3) is 0 Å². The molecule has 0 radical (unpaired) electrons. The molecular formula is C12H20N4O. The Kier molecular flexibility index (Phi) is 3.78. The number of nitrogens with zero attached hydrogens (tertiary/aromatic N) is 2. The molecule has 1 amide bonds. The molecule has 0 spiro atoms. The molecule has 94 valence electrons. The molecule has 1 saturated carbocycles. The van der Waals surface area contributed by atoms with Crippen LogP contribution in [0.1, 0.15) is 32.2 Å². The topological polar surface area (TPSA) is 72.9 Å². The fraction of sp³-hybridized carbons (Fsp3) is 0.667. The predicted molar refractivity (Wildman–Crippen MR) is 65.3 cm³/mol. The summed E-state index contributed by atoms with van der Waals surface area (Å²) in [6.45, 7) is 2.25. The van der Waals surface area contributed by atoms with Crippen LogP contribution in [0.5, 0.6) is 0 Å². The van der Waals surface area contributed by atoms with E-state index in [1.54, 1.807) is 6.20 Å². The largest absolute Gasteiger partial charge is 0.351 e. The average molecular weight is 236 g/mol. The summed E-state index contributed by atoms with van der Waals surface area (Å²) in [5.41, 5.74) is 5.50. The Bertz CT molecular complexity index is 363. The summed E-state index contributed by atoms with van der Waals surface area (Å²) >= 11 is 0. The van der Waals surface area contributed by atoms with Crippen LogP contribution in [0.2, 0.25) is 0 Å². The van der Waals surface area contributed by atoms with Crippen molar-refractivity contribution < 1.29 is 4.79 Å². The van der Waals surface area contributed by atoms with Gasteiger partial charge < -0.3 is 15.6 Å². The molecule has 3 N–H and O–H groups in total. The molecule has 0 bridgehead atoms. The number of carbonyl (C=O) groups is 1. The number of nitrogens with two attached hydrogens (primary N) is 1. The van der Waals surface area contributed by atoms with E-state index in [0.29, 0.717) is 12.6 Å². The van der Waals surface area contributed by atoms with Gasteiger partial charge in [-0.25, -0.2) is 4.98 Å². The zero-order valence-corrected chi connectivity index (χ0v) is 10.2. The minimum atomic E-state index is -0.112. The lowest BCUT2D eigenvalue weighted by atomic mass is 10.1. The van der Waals surface area contributed by atoms with Crippen molar-refractivity contribution in [2.45, 2.75) is 38.3 Å². The Hall–Kier alpha value is -1.36. The highest BCUT2D eigenvalue weighted by Crippen LogP contribution is 2.29. The summed E-state index contributed by atoms with van der Waals surface area (Å²) in [6, 6.07) is 0.553. The monoisotopic (exact) mass is 236 g/mol. The number of nitrogens with one attached hydrogen (secondary N) is 1. The zero-order valence-electron chi connectivity index (χ0n) is 10.2. The fourth-order valence-corrected chi connectivity index (χ4v) is 2.36. The van der Waals surface area contributed by atoms with Crippen LogP contribution in [-0.4, -0.2) is 28.0 Å². The molecule has 3 atom stereocenters. The summed E-state index contributed by atoms with van der Waals surface area (Å²) in [5, 5.41) is 3.10. The van der Waals surface area contributed by atoms with Gasteiger partial charge in [0.05, 0.1) is 12.4 Å². The highest BCUT2D eigenvalue weighted by atomic mass is 16.1. The average Bonchev–Trinajstić information content (AvgIpc) is 2.97. The highest BCUT2D eigenvalue weighted by Gasteiger charge is 2.30. The lowest BCUT2D eigenvalue weighted by Crippen LogP contribution is -2.42. The Morgan fingerprint density at radius 2 is 2.47 bits per heavy atom. The SMILES string of the molecule is CC(CN)C(=O)NC1CCCC1n1ccnc1. The van der Waals surface area contributed by atoms with Crippen molar-refractivity contribution >= 4 is 5.91 Å². The first-order valence-electron chi connectivity index (χ1n) is 6.20. The number of imidazole rings is 1. The number of rotatable bonds is 4. The maximum Gasteiger partial charge on any atom is 0.224 e. The van der Waals surface area contributed by atoms with Gasteiger partial charge in [-0.2, -0.15) is 0 Å². The highest BCUT2D eigenvalue weighted by molar-refractivity contribution is 5.78. The quantitative estimate of drug-likeness (QED) is 0.807. The molecule has 2 rings (SSSR count). The van der Waals surface area contributed by atoms with E-state index in [-0.39, 0.29) is 17.9 Å². The van der Waals surface area contributed by atoms with Crippen LogP contribution >= 0.6 is 0 Å². The molecule has 1 aliphatic carbocycles. The molecular weight excluding hydrogens is 216 g/mol. The lowest BCUT2D eigenvalue weighted by Gasteiger charge is -2.23. The second-order valence-electron chi connectivity index (χ2n) is 4.76. The van der Waals surface area contributed by atoms with E-state index in [2.05, 4.69) is 14.9 Å². The summed E-state index contributed by atoms with van der Waals surface area (Å²) < 4.78 is 2.09. The molecule has 5 heteroatoms. The van der Waals surface area contributed by atoms with Crippen LogP contribution < -0.4 is 11.1 Å². The maximum atomic E-state index is 11.8. The molecule has 1 aromatic rings. The van der Waals surface area contributed by atoms with Crippen LogP contribution in [-0.2, 0) is 4.79 Å². The Morgan fingerprint density at radius 1 is 1.65 bits per heavy atom. The van der Waals surface area contributed by atoms with Crippen LogP contribution in [0.3, 0.4) is 0 Å². The molecule has 17 heavy (non-hydrogen) atoms. The maximum absolute atomic E-state index is 11.8. The number of hydrogen-bond donors (Lipinski definition) is 2. The molecule has 3 unspecified atom stereocenters. The summed E-state index contributed by atoms with van der Waals surface area (Å²) in [7, 11) is 0. The van der Waals surface area contributed by atoms with Gasteiger partial charge >= 0.3 is 0 Å². The van der Waals surface area contributed by atoms with Crippen molar-refractivity contribution in [2.75, 3.05) is 6.54 Å². The van der Waals surface area contributed by atoms with Gasteiger partial charge in [-0.05, 0) is 19.3 Å². The normalized spacial score (nSPS) is 25.8. The Balaban J connectivity index is 1.98. The number of carbonyl (C=O) groups excluding carboxylic acids is 1. The first-order chi connectivity index (χ1) is 8.22. The third-order valence-corrected chi connectivity index (χ3v) is 3.52. The minimum Gasteiger partial charge on any atom is -0.351 e. The Labute approximate surface area is 101 Å². The van der Waals surface area contributed by atoms with Crippen molar-refractivity contribution in [1.82, 2.24) is 14.9 Å². The van der Waals surface area contributed by atoms with Crippen LogP contribution in [0.4, 0.5) is 0 Å². The minimum absolute atomic E-state index is 0.0597. The lowest BCUT2D eigenvalue weighted by molar-refractivity contribution is -0.125. The second-order valence-corrected chi connectivity index (χ2v) is 4.76. The number of hydrogen-bond acceptors (Lipinski definition) is 3. The molecule has 1 aliphatic rings. The van der Waals surface area contributed by atoms with E-state index in [4.69, 9.17) is 5.73 Å². The Morgan fingerprint density at radius 3 is 3.12 bits per heavy atom. The number of amides is 1. The van der Waals surface area contributed by atoms with Crippen LogP contribution in [0.15, 0.2) is 18.7 Å². The van der Waals surface area contributed by atoms with Gasteiger partial charge in [-0.15, -0.1) is 0 Å². The van der Waals surface area contributed by atoms with Crippen LogP contribution in [0, 0.1) is 5.92 Å². The molecule has 1 heterocycles. The van der Waals surface area contributed by atoms with Crippen LogP contribution in [0.25, 0.3) is 0 Å². The van der Waals surface area contributed by atoms with E-state index < -0.39 is 0 Å². The standard InChI is InChI=1S/C12H20N4O/c1-9(7-13)12(17)15-10-3-2-4-11(10)16-6-5-14-8-16/h5-6,8-11H,2-4,7,13H2,1H3,(H,15,17). The van der Waals surface area contributed by atoms with Gasteiger partial charge in [0.2, 0.25) is 5.91 Å². The smallest absolute Gasteiger partial charge is 0.224 e. The van der Waals surface area contributed by atoms with E-state index in [1.165, 1.54) is 0 Å². The third kappa shape index (κ3) is 2.66. The summed E-state index contributed by atoms with van der Waals surface area (Å²) in [6.07, 6.45) is 8.83. The van der Waals surface area contributed by atoms with Crippen molar-refractivity contribution in [3.63, 3.8) is 0 Å². The van der Waals surface area contributed by atoms with Gasteiger partial charge in [0.15, 0.2) is 0 Å². The van der Waals surface area contributed by atoms with Gasteiger partial charge in [0, 0.05) is 30.9 Å². The van der Waals surface area contributed by atoms with Crippen molar-refractivity contribution in [3.8, 4) is 0 Å². The molecule has 5 nitrogen and oxygen atoms in total. The van der Waals surface area contributed by atoms with Crippen molar-refractivity contribution in [2.24, 2.45) is 11.7 Å². The number of aromatic nitrogens is 2. The van der Waals surface area contributed by atoms with E-state index >= 15 is 0 Å². The molecule has 1 aromatic heterocycles. The predicted octanol–water partition coefficient (Wildman–Crippen LogP) is 0.688. The van der Waals surface area contributed by atoms with E-state index in [9.17, 15) is 4.79 Å². The zero-order chi connectivity index (χ0) is 12.3. The van der Waals surface area contributed by atoms with Gasteiger partial charge in [0.1, 0.15) is 0 Å².